The third-order valence-electron chi connectivity index (χ3n) is 4.34. The molecule has 1 atom stereocenters. The molecule has 0 radical (unpaired) electrons. The maximum atomic E-state index is 3.50. The van der Waals surface area contributed by atoms with Gasteiger partial charge in [0, 0.05) is 6.54 Å². The Morgan fingerprint density at radius 2 is 2.11 bits per heavy atom. The van der Waals surface area contributed by atoms with Crippen molar-refractivity contribution >= 4 is 0 Å². The molecule has 1 aromatic carbocycles. The molecule has 2 rings (SSSR count). The second-order valence-electron chi connectivity index (χ2n) is 6.16. The van der Waals surface area contributed by atoms with Crippen LogP contribution >= 0.6 is 0 Å². The summed E-state index contributed by atoms with van der Waals surface area (Å²) in [5, 5.41) is 3.50. The average molecular weight is 260 g/mol. The van der Waals surface area contributed by atoms with Crippen LogP contribution in [-0.2, 0) is 6.54 Å². The molecule has 1 aliphatic rings. The number of nitrogens with one attached hydrogen (secondary N) is 1. The molecule has 0 aliphatic carbocycles. The number of benzene rings is 1. The SMILES string of the molecule is Cc1ccc(CN(C)CCC2CCCNC2)cc1C. The minimum Gasteiger partial charge on any atom is -0.316 e. The van der Waals surface area contributed by atoms with E-state index in [0.29, 0.717) is 0 Å². The van der Waals surface area contributed by atoms with E-state index < -0.39 is 0 Å². The van der Waals surface area contributed by atoms with Crippen molar-refractivity contribution in [2.75, 3.05) is 26.7 Å². The zero-order chi connectivity index (χ0) is 13.7. The van der Waals surface area contributed by atoms with Crippen LogP contribution in [0.4, 0.5) is 0 Å². The summed E-state index contributed by atoms with van der Waals surface area (Å²) in [6.07, 6.45) is 4.09. The molecule has 1 unspecified atom stereocenters. The van der Waals surface area contributed by atoms with E-state index in [2.05, 4.69) is 49.3 Å². The van der Waals surface area contributed by atoms with Gasteiger partial charge in [0.25, 0.3) is 0 Å². The van der Waals surface area contributed by atoms with Gasteiger partial charge in [-0.05, 0) is 82.4 Å². The molecule has 0 spiro atoms. The monoisotopic (exact) mass is 260 g/mol. The quantitative estimate of drug-likeness (QED) is 0.875. The fourth-order valence-electron chi connectivity index (χ4n) is 2.87. The molecule has 1 saturated heterocycles. The van der Waals surface area contributed by atoms with Gasteiger partial charge in [0.2, 0.25) is 0 Å². The highest BCUT2D eigenvalue weighted by atomic mass is 15.1. The molecule has 1 aliphatic heterocycles. The van der Waals surface area contributed by atoms with Crippen LogP contribution in [0.15, 0.2) is 18.2 Å². The van der Waals surface area contributed by atoms with Crippen molar-refractivity contribution in [1.82, 2.24) is 10.2 Å². The minimum absolute atomic E-state index is 0.885. The van der Waals surface area contributed by atoms with E-state index in [9.17, 15) is 0 Å². The van der Waals surface area contributed by atoms with Crippen LogP contribution in [0.3, 0.4) is 0 Å². The summed E-state index contributed by atoms with van der Waals surface area (Å²) in [7, 11) is 2.24. The van der Waals surface area contributed by atoms with Crippen molar-refractivity contribution in [3.63, 3.8) is 0 Å². The maximum Gasteiger partial charge on any atom is 0.0230 e. The van der Waals surface area contributed by atoms with Crippen molar-refractivity contribution in [3.8, 4) is 0 Å². The molecule has 1 N–H and O–H groups in total. The Morgan fingerprint density at radius 3 is 2.79 bits per heavy atom. The molecule has 0 bridgehead atoms. The van der Waals surface area contributed by atoms with Crippen LogP contribution < -0.4 is 5.32 Å². The summed E-state index contributed by atoms with van der Waals surface area (Å²) in [6, 6.07) is 6.83. The van der Waals surface area contributed by atoms with Gasteiger partial charge >= 0.3 is 0 Å². The van der Waals surface area contributed by atoms with Gasteiger partial charge in [0.05, 0.1) is 0 Å². The Labute approximate surface area is 118 Å². The van der Waals surface area contributed by atoms with E-state index in [0.717, 1.165) is 12.5 Å². The van der Waals surface area contributed by atoms with Crippen LogP contribution in [0, 0.1) is 19.8 Å². The van der Waals surface area contributed by atoms with Gasteiger partial charge in [-0.25, -0.2) is 0 Å². The van der Waals surface area contributed by atoms with Crippen molar-refractivity contribution < 1.29 is 0 Å². The largest absolute Gasteiger partial charge is 0.316 e. The highest BCUT2D eigenvalue weighted by molar-refractivity contribution is 5.29. The number of hydrogen-bond acceptors (Lipinski definition) is 2. The summed E-state index contributed by atoms with van der Waals surface area (Å²) in [6.45, 7) is 9.10. The van der Waals surface area contributed by atoms with E-state index in [4.69, 9.17) is 0 Å². The molecule has 19 heavy (non-hydrogen) atoms. The van der Waals surface area contributed by atoms with Crippen LogP contribution in [-0.4, -0.2) is 31.6 Å². The van der Waals surface area contributed by atoms with Gasteiger partial charge in [0.1, 0.15) is 0 Å². The lowest BCUT2D eigenvalue weighted by Crippen LogP contribution is -2.32. The predicted molar refractivity (Wildman–Crippen MR) is 82.5 cm³/mol. The molecule has 106 valence electrons. The standard InChI is InChI=1S/C17H28N2/c1-14-6-7-17(11-15(14)2)13-19(3)10-8-16-5-4-9-18-12-16/h6-7,11,16,18H,4-5,8-10,12-13H2,1-3H3. The normalized spacial score (nSPS) is 19.9. The highest BCUT2D eigenvalue weighted by Gasteiger charge is 2.13. The number of aryl methyl sites for hydroxylation is 2. The van der Waals surface area contributed by atoms with Gasteiger partial charge in [0.15, 0.2) is 0 Å². The zero-order valence-electron chi connectivity index (χ0n) is 12.7. The molecule has 0 amide bonds. The summed E-state index contributed by atoms with van der Waals surface area (Å²) in [5.74, 6) is 0.885. The summed E-state index contributed by atoms with van der Waals surface area (Å²) in [4.78, 5) is 2.46. The Morgan fingerprint density at radius 1 is 1.26 bits per heavy atom. The Hall–Kier alpha value is -0.860. The summed E-state index contributed by atoms with van der Waals surface area (Å²) >= 11 is 0. The molecule has 1 heterocycles. The van der Waals surface area contributed by atoms with Crippen LogP contribution in [0.1, 0.15) is 36.0 Å². The van der Waals surface area contributed by atoms with E-state index >= 15 is 0 Å². The number of piperidine rings is 1. The fraction of sp³-hybridized carbons (Fsp3) is 0.647. The van der Waals surface area contributed by atoms with Gasteiger partial charge < -0.3 is 10.2 Å². The van der Waals surface area contributed by atoms with Crippen molar-refractivity contribution in [1.29, 1.82) is 0 Å². The average Bonchev–Trinajstić information content (AvgIpc) is 2.42. The molecule has 1 fully saturated rings. The van der Waals surface area contributed by atoms with Crippen LogP contribution in [0.2, 0.25) is 0 Å². The van der Waals surface area contributed by atoms with E-state index in [1.165, 1.54) is 55.6 Å². The van der Waals surface area contributed by atoms with Crippen molar-refractivity contribution in [3.05, 3.63) is 34.9 Å². The van der Waals surface area contributed by atoms with E-state index in [-0.39, 0.29) is 0 Å². The first-order chi connectivity index (χ1) is 9.15. The zero-order valence-corrected chi connectivity index (χ0v) is 12.7. The first-order valence-corrected chi connectivity index (χ1v) is 7.60. The second-order valence-corrected chi connectivity index (χ2v) is 6.16. The maximum absolute atomic E-state index is 3.50. The lowest BCUT2D eigenvalue weighted by molar-refractivity contribution is 0.268. The molecular formula is C17H28N2. The summed E-state index contributed by atoms with van der Waals surface area (Å²) in [5.41, 5.74) is 4.23. The Kier molecular flexibility index (Phi) is 5.41. The third kappa shape index (κ3) is 4.63. The minimum atomic E-state index is 0.885. The highest BCUT2D eigenvalue weighted by Crippen LogP contribution is 2.16. The molecule has 2 nitrogen and oxygen atoms in total. The second kappa shape index (κ2) is 7.06. The molecule has 0 aromatic heterocycles. The topological polar surface area (TPSA) is 15.3 Å². The van der Waals surface area contributed by atoms with Crippen LogP contribution in [0.5, 0.6) is 0 Å². The van der Waals surface area contributed by atoms with Gasteiger partial charge in [-0.15, -0.1) is 0 Å². The van der Waals surface area contributed by atoms with Gasteiger partial charge in [-0.2, -0.15) is 0 Å². The lowest BCUT2D eigenvalue weighted by Gasteiger charge is -2.25. The van der Waals surface area contributed by atoms with Gasteiger partial charge in [-0.3, -0.25) is 0 Å². The fourth-order valence-corrected chi connectivity index (χ4v) is 2.87. The number of nitrogens with zero attached hydrogens (tertiary/aromatic N) is 1. The number of hydrogen-bond donors (Lipinski definition) is 1. The van der Waals surface area contributed by atoms with Gasteiger partial charge in [-0.1, -0.05) is 18.2 Å². The first kappa shape index (κ1) is 14.5. The Balaban J connectivity index is 1.76. The van der Waals surface area contributed by atoms with Crippen LogP contribution in [0.25, 0.3) is 0 Å². The molecular weight excluding hydrogens is 232 g/mol. The van der Waals surface area contributed by atoms with Crippen molar-refractivity contribution in [2.24, 2.45) is 5.92 Å². The Bertz CT molecular complexity index is 394. The smallest absolute Gasteiger partial charge is 0.0230 e. The molecule has 1 aromatic rings. The van der Waals surface area contributed by atoms with Crippen molar-refractivity contribution in [2.45, 2.75) is 39.7 Å². The summed E-state index contributed by atoms with van der Waals surface area (Å²) < 4.78 is 0. The predicted octanol–water partition coefficient (Wildman–Crippen LogP) is 3.12. The molecule has 2 heteroatoms. The number of rotatable bonds is 5. The lowest BCUT2D eigenvalue weighted by atomic mass is 9.96. The first-order valence-electron chi connectivity index (χ1n) is 7.60. The third-order valence-corrected chi connectivity index (χ3v) is 4.34. The van der Waals surface area contributed by atoms with E-state index in [1.807, 2.05) is 0 Å². The molecule has 0 saturated carbocycles. The van der Waals surface area contributed by atoms with E-state index in [1.54, 1.807) is 0 Å².